The first-order valence-electron chi connectivity index (χ1n) is 10.4. The lowest BCUT2D eigenvalue weighted by molar-refractivity contribution is -0.692. The van der Waals surface area contributed by atoms with E-state index in [1.54, 1.807) is 25.0 Å². The predicted octanol–water partition coefficient (Wildman–Crippen LogP) is 0.794. The Labute approximate surface area is 192 Å². The minimum absolute atomic E-state index is 0.0726. The highest BCUT2D eigenvalue weighted by Gasteiger charge is 2.58. The van der Waals surface area contributed by atoms with E-state index in [0.717, 1.165) is 27.0 Å². The van der Waals surface area contributed by atoms with Crippen LogP contribution in [0.5, 0.6) is 0 Å². The number of hydrogen-bond donors (Lipinski definition) is 1. The number of imidazole rings is 1. The van der Waals surface area contributed by atoms with E-state index in [0.29, 0.717) is 5.57 Å². The van der Waals surface area contributed by atoms with Gasteiger partial charge in [0.05, 0.1) is 40.4 Å². The van der Waals surface area contributed by atoms with E-state index in [1.807, 2.05) is 48.1 Å². The van der Waals surface area contributed by atoms with Crippen LogP contribution in [0.1, 0.15) is 18.7 Å². The maximum Gasteiger partial charge on any atom is 0.235 e. The Morgan fingerprint density at radius 1 is 1.38 bits per heavy atom. The largest absolute Gasteiger partial charge is 0.543 e. The number of pyridine rings is 1. The molecule has 0 bridgehead atoms. The molecule has 1 fully saturated rings. The number of carboxylic acids is 1. The lowest BCUT2D eigenvalue weighted by atomic mass is 9.77. The second-order valence-electron chi connectivity index (χ2n) is 8.12. The Hall–Kier alpha value is -2.69. The molecular weight excluding hydrogens is 448 g/mol. The normalized spacial score (nSPS) is 23.5. The molecule has 10 heteroatoms. The summed E-state index contributed by atoms with van der Waals surface area (Å²) < 4.78 is 4.01. The summed E-state index contributed by atoms with van der Waals surface area (Å²) in [6.45, 7) is 4.32. The monoisotopic (exact) mass is 470 g/mol. The fraction of sp³-hybridized carbons (Fsp3) is 0.364. The zero-order valence-corrected chi connectivity index (χ0v) is 19.2. The first-order chi connectivity index (χ1) is 15.4. The number of aliphatic hydroxyl groups excluding tert-OH is 1. The van der Waals surface area contributed by atoms with Crippen LogP contribution in [0.4, 0.5) is 0 Å². The van der Waals surface area contributed by atoms with Gasteiger partial charge < -0.3 is 19.9 Å². The molecular formula is C22H22N4O4S2. The summed E-state index contributed by atoms with van der Waals surface area (Å²) in [4.78, 5) is 32.1. The molecule has 2 aliphatic rings. The van der Waals surface area contributed by atoms with Crippen molar-refractivity contribution in [1.29, 1.82) is 0 Å². The molecule has 1 N–H and O–H groups in total. The van der Waals surface area contributed by atoms with Crippen molar-refractivity contribution in [1.82, 2.24) is 14.3 Å². The van der Waals surface area contributed by atoms with Crippen molar-refractivity contribution in [2.75, 3.05) is 5.75 Å². The summed E-state index contributed by atoms with van der Waals surface area (Å²) in [5.74, 6) is -1.69. The molecule has 0 aliphatic carbocycles. The molecule has 0 spiro atoms. The zero-order chi connectivity index (χ0) is 22.6. The zero-order valence-electron chi connectivity index (χ0n) is 17.5. The van der Waals surface area contributed by atoms with E-state index in [2.05, 4.69) is 9.55 Å². The van der Waals surface area contributed by atoms with Crippen molar-refractivity contribution in [3.8, 4) is 0 Å². The highest BCUT2D eigenvalue weighted by atomic mass is 32.2. The predicted molar refractivity (Wildman–Crippen MR) is 117 cm³/mol. The Balaban J connectivity index is 1.43. The third-order valence-electron chi connectivity index (χ3n) is 6.18. The molecule has 32 heavy (non-hydrogen) atoms. The number of aliphatic hydroxyl groups is 1. The molecule has 3 aromatic heterocycles. The molecule has 8 nitrogen and oxygen atoms in total. The van der Waals surface area contributed by atoms with Gasteiger partial charge in [-0.05, 0) is 6.92 Å². The van der Waals surface area contributed by atoms with Crippen molar-refractivity contribution >= 4 is 45.4 Å². The second-order valence-corrected chi connectivity index (χ2v) is 10.2. The average molecular weight is 471 g/mol. The summed E-state index contributed by atoms with van der Waals surface area (Å²) in [6, 6.07) is 5.61. The van der Waals surface area contributed by atoms with Crippen LogP contribution in [0, 0.1) is 11.8 Å². The molecule has 0 radical (unpaired) electrons. The van der Waals surface area contributed by atoms with Crippen molar-refractivity contribution in [2.24, 2.45) is 11.8 Å². The van der Waals surface area contributed by atoms with Crippen LogP contribution in [-0.2, 0) is 16.1 Å². The standard InChI is InChI=1S/C22H22N4O4S2/c1-12-15(18(22(29)30)26-17(12)16(13(2)27)20(26)28)14-10-25-11-23-19(21(25)32-14)31-9-8-24-6-4-3-5-7-24/h3-7,10-13,16-17,27H,8-9H2,1-2H3/t12-,13+,16+,17+/m0/s1. The summed E-state index contributed by atoms with van der Waals surface area (Å²) in [5.41, 5.74) is 0.521. The number of carbonyl (C=O) groups excluding carboxylic acids is 2. The number of hydrogen-bond acceptors (Lipinski definition) is 7. The maximum atomic E-state index is 12.6. The minimum atomic E-state index is -1.36. The number of aromatic nitrogens is 3. The van der Waals surface area contributed by atoms with E-state index in [4.69, 9.17) is 0 Å². The van der Waals surface area contributed by atoms with Gasteiger partial charge in [-0.25, -0.2) is 9.55 Å². The third-order valence-corrected chi connectivity index (χ3v) is 8.41. The van der Waals surface area contributed by atoms with Gasteiger partial charge in [-0.1, -0.05) is 24.8 Å². The summed E-state index contributed by atoms with van der Waals surface area (Å²) in [6.07, 6.45) is 6.80. The van der Waals surface area contributed by atoms with Gasteiger partial charge in [0.1, 0.15) is 16.2 Å². The third kappa shape index (κ3) is 3.25. The topological polar surface area (TPSA) is 102 Å². The molecule has 5 rings (SSSR count). The van der Waals surface area contributed by atoms with Crippen LogP contribution < -0.4 is 9.67 Å². The molecule has 2 aliphatic heterocycles. The van der Waals surface area contributed by atoms with Gasteiger partial charge in [0.25, 0.3) is 0 Å². The van der Waals surface area contributed by atoms with Gasteiger partial charge in [0.15, 0.2) is 18.9 Å². The number of thioether (sulfide) groups is 1. The number of carboxylic acid groups (broad SMARTS) is 1. The number of rotatable bonds is 7. The Morgan fingerprint density at radius 3 is 2.81 bits per heavy atom. The summed E-state index contributed by atoms with van der Waals surface area (Å²) >= 11 is 3.11. The van der Waals surface area contributed by atoms with E-state index in [9.17, 15) is 19.8 Å². The first-order valence-corrected chi connectivity index (χ1v) is 12.2. The van der Waals surface area contributed by atoms with Crippen LogP contribution in [0.3, 0.4) is 0 Å². The van der Waals surface area contributed by atoms with E-state index in [1.165, 1.54) is 16.2 Å². The van der Waals surface area contributed by atoms with Crippen LogP contribution in [0.25, 0.3) is 10.4 Å². The van der Waals surface area contributed by atoms with Crippen LogP contribution in [-0.4, -0.2) is 49.2 Å². The smallest absolute Gasteiger partial charge is 0.235 e. The fourth-order valence-electron chi connectivity index (χ4n) is 4.72. The van der Waals surface area contributed by atoms with Gasteiger partial charge >= 0.3 is 0 Å². The van der Waals surface area contributed by atoms with Crippen molar-refractivity contribution in [3.63, 3.8) is 0 Å². The minimum Gasteiger partial charge on any atom is -0.543 e. The van der Waals surface area contributed by atoms with Crippen LogP contribution in [0.2, 0.25) is 0 Å². The molecule has 1 amide bonds. The number of aliphatic carboxylic acids is 1. The van der Waals surface area contributed by atoms with Gasteiger partial charge in [-0.15, -0.1) is 11.3 Å². The lowest BCUT2D eigenvalue weighted by Crippen LogP contribution is -2.64. The fourth-order valence-corrected chi connectivity index (χ4v) is 6.98. The highest BCUT2D eigenvalue weighted by Crippen LogP contribution is 2.51. The average Bonchev–Trinajstić information content (AvgIpc) is 3.39. The van der Waals surface area contributed by atoms with E-state index >= 15 is 0 Å². The van der Waals surface area contributed by atoms with Crippen molar-refractivity contribution in [3.05, 3.63) is 53.7 Å². The van der Waals surface area contributed by atoms with E-state index < -0.39 is 18.0 Å². The molecule has 0 saturated carbocycles. The SMILES string of the molecule is C[C@@H](O)[C@H]1C(=O)N2C(C(=O)[O-])=C(c3cn4cnc(SCC[n+]5ccccc5)c4s3)[C@H](C)[C@H]12. The molecule has 4 atom stereocenters. The number of fused-ring (bicyclic) bond motifs is 2. The quantitative estimate of drug-likeness (QED) is 0.311. The van der Waals surface area contributed by atoms with Gasteiger partial charge in [0.2, 0.25) is 5.91 Å². The van der Waals surface area contributed by atoms with Gasteiger partial charge in [-0.3, -0.25) is 9.20 Å². The Morgan fingerprint density at radius 2 is 2.12 bits per heavy atom. The van der Waals surface area contributed by atoms with Crippen LogP contribution >= 0.6 is 23.1 Å². The van der Waals surface area contributed by atoms with Crippen molar-refractivity contribution in [2.45, 2.75) is 37.6 Å². The molecule has 166 valence electrons. The number of β-lactam (4-membered cyclic amide) rings is 1. The van der Waals surface area contributed by atoms with E-state index in [-0.39, 0.29) is 23.6 Å². The lowest BCUT2D eigenvalue weighted by Gasteiger charge is -2.47. The molecule has 3 aromatic rings. The number of nitrogens with zero attached hydrogens (tertiary/aromatic N) is 4. The second kappa shape index (κ2) is 8.02. The first kappa shape index (κ1) is 21.2. The number of aryl methyl sites for hydroxylation is 1. The van der Waals surface area contributed by atoms with Crippen molar-refractivity contribution < 1.29 is 24.4 Å². The molecule has 1 saturated heterocycles. The van der Waals surface area contributed by atoms with Gasteiger partial charge in [-0.2, -0.15) is 0 Å². The number of amides is 1. The summed E-state index contributed by atoms with van der Waals surface area (Å²) in [5, 5.41) is 22.9. The highest BCUT2D eigenvalue weighted by molar-refractivity contribution is 7.99. The number of thiazole rings is 1. The maximum absolute atomic E-state index is 12.6. The molecule has 0 unspecified atom stereocenters. The molecule has 5 heterocycles. The Kier molecular flexibility index (Phi) is 5.31. The van der Waals surface area contributed by atoms with Crippen LogP contribution in [0.15, 0.2) is 53.8 Å². The summed E-state index contributed by atoms with van der Waals surface area (Å²) in [7, 11) is 0. The number of carbonyl (C=O) groups is 2. The van der Waals surface area contributed by atoms with Gasteiger partial charge in [0, 0.05) is 29.8 Å². The Bertz CT molecular complexity index is 1230. The molecule has 0 aromatic carbocycles.